The molecule has 2 aromatic heterocycles. The van der Waals surface area contributed by atoms with E-state index < -0.39 is 17.0 Å². The lowest BCUT2D eigenvalue weighted by Gasteiger charge is -2.10. The van der Waals surface area contributed by atoms with Crippen molar-refractivity contribution in [1.29, 1.82) is 0 Å². The first-order valence-electron chi connectivity index (χ1n) is 9.17. The molecule has 154 valence electrons. The molecule has 9 heteroatoms. The second-order valence-electron chi connectivity index (χ2n) is 6.53. The Morgan fingerprint density at radius 2 is 1.52 bits per heavy atom. The number of H-pyrrole nitrogens is 1. The molecule has 31 heavy (non-hydrogen) atoms. The van der Waals surface area contributed by atoms with E-state index in [1.54, 1.807) is 48.5 Å². The highest BCUT2D eigenvalue weighted by Crippen LogP contribution is 2.18. The van der Waals surface area contributed by atoms with Gasteiger partial charge in [0.15, 0.2) is 0 Å². The largest absolute Gasteiger partial charge is 0.472 e. The van der Waals surface area contributed by atoms with Crippen molar-refractivity contribution in [3.63, 3.8) is 0 Å². The van der Waals surface area contributed by atoms with Crippen molar-refractivity contribution < 1.29 is 14.0 Å². The SMILES string of the molecule is O=C(Nc1cccc(NC(=O)c2cccc(-n3[nH]c(=O)ccc3=O)c2)c1)c1ccoc1. The maximum absolute atomic E-state index is 12.7. The van der Waals surface area contributed by atoms with Gasteiger partial charge >= 0.3 is 0 Å². The van der Waals surface area contributed by atoms with Gasteiger partial charge in [0.05, 0.1) is 17.5 Å². The van der Waals surface area contributed by atoms with E-state index in [4.69, 9.17) is 4.42 Å². The lowest BCUT2D eigenvalue weighted by atomic mass is 10.1. The van der Waals surface area contributed by atoms with Crippen LogP contribution in [0.1, 0.15) is 20.7 Å². The topological polar surface area (TPSA) is 126 Å². The molecule has 2 aromatic carbocycles. The average molecular weight is 416 g/mol. The first-order valence-corrected chi connectivity index (χ1v) is 9.17. The van der Waals surface area contributed by atoms with Crippen LogP contribution in [0.5, 0.6) is 0 Å². The molecule has 9 nitrogen and oxygen atoms in total. The third-order valence-corrected chi connectivity index (χ3v) is 4.35. The summed E-state index contributed by atoms with van der Waals surface area (Å²) in [5, 5.41) is 7.88. The molecule has 4 rings (SSSR count). The molecular weight excluding hydrogens is 400 g/mol. The van der Waals surface area contributed by atoms with Crippen LogP contribution in [0.15, 0.2) is 93.3 Å². The lowest BCUT2D eigenvalue weighted by Crippen LogP contribution is -2.26. The second kappa shape index (κ2) is 8.37. The van der Waals surface area contributed by atoms with E-state index in [-0.39, 0.29) is 11.5 Å². The fraction of sp³-hybridized carbons (Fsp3) is 0. The molecule has 0 unspecified atom stereocenters. The summed E-state index contributed by atoms with van der Waals surface area (Å²) in [6.07, 6.45) is 2.73. The van der Waals surface area contributed by atoms with Gasteiger partial charge in [0.2, 0.25) is 0 Å². The van der Waals surface area contributed by atoms with Gasteiger partial charge in [0, 0.05) is 29.1 Å². The van der Waals surface area contributed by atoms with E-state index in [1.807, 2.05) is 0 Å². The summed E-state index contributed by atoms with van der Waals surface area (Å²) in [6.45, 7) is 0. The van der Waals surface area contributed by atoms with Gasteiger partial charge in [-0.1, -0.05) is 12.1 Å². The summed E-state index contributed by atoms with van der Waals surface area (Å²) < 4.78 is 5.96. The van der Waals surface area contributed by atoms with E-state index >= 15 is 0 Å². The van der Waals surface area contributed by atoms with Crippen molar-refractivity contribution in [2.75, 3.05) is 10.6 Å². The molecule has 0 radical (unpaired) electrons. The molecule has 0 bridgehead atoms. The van der Waals surface area contributed by atoms with E-state index in [0.29, 0.717) is 22.6 Å². The molecule has 0 fully saturated rings. The highest BCUT2D eigenvalue weighted by Gasteiger charge is 2.11. The molecule has 0 saturated carbocycles. The van der Waals surface area contributed by atoms with Crippen LogP contribution in [0.25, 0.3) is 5.69 Å². The molecule has 0 aliphatic heterocycles. The lowest BCUT2D eigenvalue weighted by molar-refractivity contribution is 0.101. The number of aromatic nitrogens is 2. The van der Waals surface area contributed by atoms with Gasteiger partial charge in [0.25, 0.3) is 22.9 Å². The third-order valence-electron chi connectivity index (χ3n) is 4.35. The predicted molar refractivity (Wildman–Crippen MR) is 114 cm³/mol. The minimum absolute atomic E-state index is 0.280. The maximum Gasteiger partial charge on any atom is 0.269 e. The zero-order valence-electron chi connectivity index (χ0n) is 16.0. The fourth-order valence-electron chi connectivity index (χ4n) is 2.88. The van der Waals surface area contributed by atoms with Gasteiger partial charge in [0.1, 0.15) is 6.26 Å². The Morgan fingerprint density at radius 1 is 0.806 bits per heavy atom. The van der Waals surface area contributed by atoms with Crippen molar-refractivity contribution in [3.8, 4) is 5.69 Å². The molecular formula is C22H16N4O5. The quantitative estimate of drug-likeness (QED) is 0.461. The number of rotatable bonds is 5. The van der Waals surface area contributed by atoms with Crippen molar-refractivity contribution >= 4 is 23.2 Å². The Labute approximate surface area is 174 Å². The number of amides is 2. The van der Waals surface area contributed by atoms with Crippen molar-refractivity contribution in [2.24, 2.45) is 0 Å². The highest BCUT2D eigenvalue weighted by molar-refractivity contribution is 6.06. The number of benzene rings is 2. The molecule has 4 aromatic rings. The van der Waals surface area contributed by atoms with Gasteiger partial charge in [-0.25, -0.2) is 4.68 Å². The average Bonchev–Trinajstić information content (AvgIpc) is 3.31. The minimum atomic E-state index is -0.441. The number of carbonyl (C=O) groups is 2. The molecule has 3 N–H and O–H groups in total. The smallest absolute Gasteiger partial charge is 0.269 e. The Morgan fingerprint density at radius 3 is 2.23 bits per heavy atom. The molecule has 2 amide bonds. The zero-order chi connectivity index (χ0) is 21.8. The zero-order valence-corrected chi connectivity index (χ0v) is 16.0. The van der Waals surface area contributed by atoms with E-state index in [2.05, 4.69) is 15.7 Å². The molecule has 0 aliphatic carbocycles. The Bertz CT molecular complexity index is 1370. The van der Waals surface area contributed by atoms with Crippen molar-refractivity contribution in [2.45, 2.75) is 0 Å². The predicted octanol–water partition coefficient (Wildman–Crippen LogP) is 2.62. The van der Waals surface area contributed by atoms with Gasteiger partial charge in [-0.2, -0.15) is 0 Å². The Balaban J connectivity index is 1.52. The number of aromatic amines is 1. The van der Waals surface area contributed by atoms with Gasteiger partial charge in [-0.15, -0.1) is 0 Å². The number of nitrogens with zero attached hydrogens (tertiary/aromatic N) is 1. The summed E-state index contributed by atoms with van der Waals surface area (Å²) in [5.41, 5.74) is 1.08. The van der Waals surface area contributed by atoms with Crippen LogP contribution >= 0.6 is 0 Å². The molecule has 0 atom stereocenters. The number of hydrogen-bond acceptors (Lipinski definition) is 5. The summed E-state index contributed by atoms with van der Waals surface area (Å²) in [6, 6.07) is 16.7. The Kier molecular flexibility index (Phi) is 5.31. The summed E-state index contributed by atoms with van der Waals surface area (Å²) in [5.74, 6) is -0.765. The first kappa shape index (κ1) is 19.6. The monoisotopic (exact) mass is 416 g/mol. The minimum Gasteiger partial charge on any atom is -0.472 e. The highest BCUT2D eigenvalue weighted by atomic mass is 16.3. The van der Waals surface area contributed by atoms with Crippen LogP contribution in [-0.2, 0) is 0 Å². The standard InChI is InChI=1S/C22H16N4O5/c27-19-7-8-20(28)26(25-19)18-6-1-3-14(11-18)21(29)23-16-4-2-5-17(12-16)24-22(30)15-9-10-31-13-15/h1-13H,(H,23,29)(H,24,30)(H,25,27). The Hall–Kier alpha value is -4.66. The number of carbonyl (C=O) groups excluding carboxylic acids is 2. The fourth-order valence-corrected chi connectivity index (χ4v) is 2.88. The third kappa shape index (κ3) is 4.51. The van der Waals surface area contributed by atoms with Crippen molar-refractivity contribution in [1.82, 2.24) is 9.78 Å². The first-order chi connectivity index (χ1) is 15.0. The summed E-state index contributed by atoms with van der Waals surface area (Å²) in [4.78, 5) is 48.4. The molecule has 2 heterocycles. The van der Waals surface area contributed by atoms with Crippen LogP contribution in [-0.4, -0.2) is 21.6 Å². The van der Waals surface area contributed by atoms with Gasteiger partial charge < -0.3 is 15.1 Å². The van der Waals surface area contributed by atoms with Crippen LogP contribution in [0.3, 0.4) is 0 Å². The van der Waals surface area contributed by atoms with E-state index in [9.17, 15) is 19.2 Å². The normalized spacial score (nSPS) is 10.5. The second-order valence-corrected chi connectivity index (χ2v) is 6.53. The summed E-state index contributed by atoms with van der Waals surface area (Å²) in [7, 11) is 0. The van der Waals surface area contributed by atoms with Gasteiger partial charge in [-0.05, 0) is 42.5 Å². The number of hydrogen-bond donors (Lipinski definition) is 3. The van der Waals surface area contributed by atoms with Crippen LogP contribution in [0.4, 0.5) is 11.4 Å². The number of nitrogens with one attached hydrogen (secondary N) is 3. The van der Waals surface area contributed by atoms with E-state index in [0.717, 1.165) is 16.8 Å². The van der Waals surface area contributed by atoms with Crippen LogP contribution in [0.2, 0.25) is 0 Å². The van der Waals surface area contributed by atoms with Gasteiger partial charge in [-0.3, -0.25) is 24.3 Å². The summed E-state index contributed by atoms with van der Waals surface area (Å²) >= 11 is 0. The van der Waals surface area contributed by atoms with E-state index in [1.165, 1.54) is 18.6 Å². The maximum atomic E-state index is 12.7. The number of furan rings is 1. The molecule has 0 spiro atoms. The molecule has 0 aliphatic rings. The van der Waals surface area contributed by atoms with Crippen LogP contribution in [0, 0.1) is 0 Å². The van der Waals surface area contributed by atoms with Crippen LogP contribution < -0.4 is 21.8 Å². The van der Waals surface area contributed by atoms with Crippen molar-refractivity contribution in [3.05, 3.63) is 111 Å². The number of anilines is 2. The molecule has 0 saturated heterocycles.